The van der Waals surface area contributed by atoms with Gasteiger partial charge >= 0.3 is 0 Å². The Morgan fingerprint density at radius 2 is 1.95 bits per heavy atom. The zero-order valence-corrected chi connectivity index (χ0v) is 11.9. The van der Waals surface area contributed by atoms with E-state index < -0.39 is 10.0 Å². The molecule has 0 unspecified atom stereocenters. The molecule has 0 aliphatic carbocycles. The van der Waals surface area contributed by atoms with Crippen LogP contribution in [0.4, 0.5) is 5.69 Å². The summed E-state index contributed by atoms with van der Waals surface area (Å²) in [6, 6.07) is 3.10. The van der Waals surface area contributed by atoms with Gasteiger partial charge in [0.15, 0.2) is 0 Å². The molecular formula is C12H18N2O4S. The molecule has 6 nitrogen and oxygen atoms in total. The number of nitrogen functional groups attached to an aromatic ring is 1. The summed E-state index contributed by atoms with van der Waals surface area (Å²) in [6.45, 7) is 3.31. The van der Waals surface area contributed by atoms with E-state index in [1.54, 1.807) is 6.07 Å². The lowest BCUT2D eigenvalue weighted by Crippen LogP contribution is -2.40. The Bertz CT molecular complexity index is 565. The van der Waals surface area contributed by atoms with Gasteiger partial charge in [-0.3, -0.25) is 0 Å². The average Bonchev–Trinajstić information content (AvgIpc) is 2.42. The Hall–Kier alpha value is -1.31. The van der Waals surface area contributed by atoms with Crippen molar-refractivity contribution in [2.75, 3.05) is 39.1 Å². The molecule has 0 radical (unpaired) electrons. The van der Waals surface area contributed by atoms with Gasteiger partial charge < -0.3 is 15.2 Å². The Morgan fingerprint density at radius 1 is 1.32 bits per heavy atom. The molecule has 1 heterocycles. The number of sulfonamides is 1. The molecule has 1 aromatic rings. The van der Waals surface area contributed by atoms with Gasteiger partial charge in [-0.1, -0.05) is 0 Å². The second-order valence-corrected chi connectivity index (χ2v) is 6.28. The van der Waals surface area contributed by atoms with Crippen LogP contribution >= 0.6 is 0 Å². The molecule has 2 N–H and O–H groups in total. The summed E-state index contributed by atoms with van der Waals surface area (Å²) in [4.78, 5) is 0.111. The molecule has 2 rings (SSSR count). The summed E-state index contributed by atoms with van der Waals surface area (Å²) < 4.78 is 36.9. The summed E-state index contributed by atoms with van der Waals surface area (Å²) in [5.74, 6) is 0.318. The normalized spacial score (nSPS) is 17.4. The number of aryl methyl sites for hydroxylation is 1. The molecule has 0 atom stereocenters. The van der Waals surface area contributed by atoms with E-state index in [1.165, 1.54) is 17.5 Å². The van der Waals surface area contributed by atoms with Crippen molar-refractivity contribution in [2.45, 2.75) is 11.8 Å². The predicted octanol–water partition coefficient (Wildman–Crippen LogP) is 0.607. The van der Waals surface area contributed by atoms with E-state index in [4.69, 9.17) is 15.2 Å². The lowest BCUT2D eigenvalue weighted by molar-refractivity contribution is 0.0729. The Labute approximate surface area is 113 Å². The van der Waals surface area contributed by atoms with E-state index in [9.17, 15) is 8.42 Å². The van der Waals surface area contributed by atoms with Crippen molar-refractivity contribution in [3.05, 3.63) is 17.7 Å². The van der Waals surface area contributed by atoms with Crippen molar-refractivity contribution in [3.63, 3.8) is 0 Å². The van der Waals surface area contributed by atoms with Crippen molar-refractivity contribution in [2.24, 2.45) is 0 Å². The van der Waals surface area contributed by atoms with E-state index in [2.05, 4.69) is 0 Å². The molecule has 0 aromatic heterocycles. The average molecular weight is 286 g/mol. The maximum absolute atomic E-state index is 12.6. The Morgan fingerprint density at radius 3 is 2.53 bits per heavy atom. The second-order valence-electron chi connectivity index (χ2n) is 4.38. The largest absolute Gasteiger partial charge is 0.495 e. The third-order valence-corrected chi connectivity index (χ3v) is 5.06. The van der Waals surface area contributed by atoms with Crippen LogP contribution < -0.4 is 10.5 Å². The minimum Gasteiger partial charge on any atom is -0.495 e. The van der Waals surface area contributed by atoms with E-state index in [0.29, 0.717) is 37.7 Å². The van der Waals surface area contributed by atoms with Crippen molar-refractivity contribution in [3.8, 4) is 5.75 Å². The third kappa shape index (κ3) is 2.68. The highest BCUT2D eigenvalue weighted by Gasteiger charge is 2.29. The number of nitrogens with zero attached hydrogens (tertiary/aromatic N) is 1. The number of methoxy groups -OCH3 is 1. The molecular weight excluding hydrogens is 268 g/mol. The fourth-order valence-corrected chi connectivity index (χ4v) is 3.54. The smallest absolute Gasteiger partial charge is 0.246 e. The van der Waals surface area contributed by atoms with E-state index in [-0.39, 0.29) is 4.90 Å². The highest BCUT2D eigenvalue weighted by atomic mass is 32.2. The van der Waals surface area contributed by atoms with Crippen LogP contribution in [0.5, 0.6) is 5.75 Å². The number of morpholine rings is 1. The summed E-state index contributed by atoms with van der Waals surface area (Å²) >= 11 is 0. The van der Waals surface area contributed by atoms with Crippen LogP contribution in [0.3, 0.4) is 0 Å². The zero-order valence-electron chi connectivity index (χ0n) is 11.0. The summed E-state index contributed by atoms with van der Waals surface area (Å²) in [5.41, 5.74) is 7.03. The van der Waals surface area contributed by atoms with E-state index in [0.717, 1.165) is 5.56 Å². The Balaban J connectivity index is 2.47. The van der Waals surface area contributed by atoms with Gasteiger partial charge in [0, 0.05) is 18.8 Å². The van der Waals surface area contributed by atoms with Crippen LogP contribution in [0.1, 0.15) is 5.56 Å². The van der Waals surface area contributed by atoms with Gasteiger partial charge in [-0.25, -0.2) is 8.42 Å². The topological polar surface area (TPSA) is 81.9 Å². The maximum atomic E-state index is 12.6. The fraction of sp³-hybridized carbons (Fsp3) is 0.500. The summed E-state index contributed by atoms with van der Waals surface area (Å²) in [6.07, 6.45) is 0. The lowest BCUT2D eigenvalue weighted by Gasteiger charge is -2.27. The van der Waals surface area contributed by atoms with Crippen LogP contribution in [-0.2, 0) is 14.8 Å². The molecule has 1 saturated heterocycles. The monoisotopic (exact) mass is 286 g/mol. The minimum atomic E-state index is -3.60. The van der Waals surface area contributed by atoms with Gasteiger partial charge in [0.25, 0.3) is 0 Å². The number of ether oxygens (including phenoxy) is 2. The van der Waals surface area contributed by atoms with Crippen LogP contribution in [-0.4, -0.2) is 46.1 Å². The molecule has 1 aromatic carbocycles. The molecule has 0 spiro atoms. The number of benzene rings is 1. The maximum Gasteiger partial charge on any atom is 0.246 e. The van der Waals surface area contributed by atoms with E-state index >= 15 is 0 Å². The molecule has 1 aliphatic rings. The standard InChI is InChI=1S/C12H18N2O4S/c1-9-7-11(17-2)12(8-10(9)13)19(15,16)14-3-5-18-6-4-14/h7-8H,3-6,13H2,1-2H3. The first kappa shape index (κ1) is 14.1. The minimum absolute atomic E-state index is 0.111. The van der Waals surface area contributed by atoms with Crippen molar-refractivity contribution >= 4 is 15.7 Å². The number of rotatable bonds is 3. The first-order valence-corrected chi connectivity index (χ1v) is 7.43. The first-order chi connectivity index (χ1) is 8.96. The van der Waals surface area contributed by atoms with Gasteiger partial charge in [-0.05, 0) is 24.6 Å². The van der Waals surface area contributed by atoms with Crippen molar-refractivity contribution in [1.82, 2.24) is 4.31 Å². The Kier molecular flexibility index (Phi) is 3.98. The van der Waals surface area contributed by atoms with Gasteiger partial charge in [0.05, 0.1) is 20.3 Å². The van der Waals surface area contributed by atoms with Gasteiger partial charge in [0.1, 0.15) is 10.6 Å². The SMILES string of the molecule is COc1cc(C)c(N)cc1S(=O)(=O)N1CCOCC1. The van der Waals surface area contributed by atoms with Crippen LogP contribution in [0.25, 0.3) is 0 Å². The molecule has 1 fully saturated rings. The van der Waals surface area contributed by atoms with Gasteiger partial charge in [-0.15, -0.1) is 0 Å². The lowest BCUT2D eigenvalue weighted by atomic mass is 10.2. The van der Waals surface area contributed by atoms with Crippen LogP contribution in [0.15, 0.2) is 17.0 Å². The molecule has 0 bridgehead atoms. The van der Waals surface area contributed by atoms with Crippen LogP contribution in [0, 0.1) is 6.92 Å². The quantitative estimate of drug-likeness (QED) is 0.823. The highest BCUT2D eigenvalue weighted by Crippen LogP contribution is 2.31. The number of hydrogen-bond donors (Lipinski definition) is 1. The molecule has 106 valence electrons. The first-order valence-electron chi connectivity index (χ1n) is 5.99. The second kappa shape index (κ2) is 5.36. The van der Waals surface area contributed by atoms with E-state index in [1.807, 2.05) is 6.92 Å². The summed E-state index contributed by atoms with van der Waals surface area (Å²) in [5, 5.41) is 0. The molecule has 1 aliphatic heterocycles. The van der Waals surface area contributed by atoms with Crippen molar-refractivity contribution in [1.29, 1.82) is 0 Å². The predicted molar refractivity (Wildman–Crippen MR) is 71.7 cm³/mol. The van der Waals surface area contributed by atoms with Gasteiger partial charge in [0.2, 0.25) is 10.0 Å². The molecule has 19 heavy (non-hydrogen) atoms. The van der Waals surface area contributed by atoms with Crippen molar-refractivity contribution < 1.29 is 17.9 Å². The number of nitrogens with two attached hydrogens (primary N) is 1. The van der Waals surface area contributed by atoms with Crippen LogP contribution in [0.2, 0.25) is 0 Å². The summed E-state index contributed by atoms with van der Waals surface area (Å²) in [7, 11) is -2.15. The number of hydrogen-bond acceptors (Lipinski definition) is 5. The van der Waals surface area contributed by atoms with Gasteiger partial charge in [-0.2, -0.15) is 4.31 Å². The zero-order chi connectivity index (χ0) is 14.0. The highest BCUT2D eigenvalue weighted by molar-refractivity contribution is 7.89. The fourth-order valence-electron chi connectivity index (χ4n) is 1.96. The number of anilines is 1. The molecule has 7 heteroatoms. The third-order valence-electron chi connectivity index (χ3n) is 3.14. The molecule has 0 amide bonds. The molecule has 0 saturated carbocycles.